The van der Waals surface area contributed by atoms with Gasteiger partial charge in [-0.3, -0.25) is 4.79 Å². The number of carbonyl (C=O) groups is 1. The zero-order chi connectivity index (χ0) is 15.4. The van der Waals surface area contributed by atoms with Crippen LogP contribution < -0.4 is 4.74 Å². The number of nitrogens with zero attached hydrogens (tertiary/aromatic N) is 1. The van der Waals surface area contributed by atoms with Crippen molar-refractivity contribution in [1.29, 1.82) is 0 Å². The molecule has 0 radical (unpaired) electrons. The summed E-state index contributed by atoms with van der Waals surface area (Å²) in [6.45, 7) is 0.285. The molecule has 0 aliphatic rings. The highest BCUT2D eigenvalue weighted by Gasteiger charge is 2.02. The minimum atomic E-state index is -0.0759. The minimum Gasteiger partial charge on any atom is -0.504 e. The second-order valence-electron chi connectivity index (χ2n) is 4.70. The van der Waals surface area contributed by atoms with Crippen LogP contribution >= 0.6 is 0 Å². The molecule has 0 atom stereocenters. The second kappa shape index (κ2) is 6.10. The van der Waals surface area contributed by atoms with Crippen LogP contribution in [0.15, 0.2) is 54.6 Å². The van der Waals surface area contributed by atoms with Gasteiger partial charge in [0.1, 0.15) is 0 Å². The van der Waals surface area contributed by atoms with Gasteiger partial charge in [0.2, 0.25) is 0 Å². The largest absolute Gasteiger partial charge is 0.504 e. The van der Waals surface area contributed by atoms with Gasteiger partial charge in [-0.1, -0.05) is 36.4 Å². The molecule has 0 bridgehead atoms. The van der Waals surface area contributed by atoms with Crippen LogP contribution in [0.4, 0.5) is 0 Å². The molecule has 0 spiro atoms. The Labute approximate surface area is 127 Å². The maximum atomic E-state index is 10.4. The van der Waals surface area contributed by atoms with Crippen molar-refractivity contribution in [2.75, 3.05) is 0 Å². The normalized spacial score (nSPS) is 10.9. The van der Waals surface area contributed by atoms with Crippen molar-refractivity contribution in [1.82, 2.24) is 4.98 Å². The summed E-state index contributed by atoms with van der Waals surface area (Å²) in [5.41, 5.74) is 2.55. The predicted octanol–water partition coefficient (Wildman–Crippen LogP) is 3.65. The van der Waals surface area contributed by atoms with Crippen molar-refractivity contribution >= 4 is 29.5 Å². The van der Waals surface area contributed by atoms with Crippen LogP contribution in [0.25, 0.3) is 23.1 Å². The smallest absolute Gasteiger partial charge is 0.298 e. The van der Waals surface area contributed by atoms with Gasteiger partial charge < -0.3 is 9.84 Å². The maximum absolute atomic E-state index is 10.4. The number of hydrogen-bond donors (Lipinski definition) is 1. The third-order valence-electron chi connectivity index (χ3n) is 3.23. The Kier molecular flexibility index (Phi) is 3.83. The topological polar surface area (TPSA) is 59.4 Å². The number of phenolic OH excluding ortho intramolecular Hbond substituents is 1. The molecule has 0 unspecified atom stereocenters. The molecule has 4 heteroatoms. The lowest BCUT2D eigenvalue weighted by atomic mass is 10.1. The second-order valence-corrected chi connectivity index (χ2v) is 4.70. The number of rotatable bonds is 4. The highest BCUT2D eigenvalue weighted by Crippen LogP contribution is 2.27. The fourth-order valence-electron chi connectivity index (χ4n) is 2.14. The molecule has 2 aromatic carbocycles. The van der Waals surface area contributed by atoms with E-state index in [9.17, 15) is 9.90 Å². The summed E-state index contributed by atoms with van der Waals surface area (Å²) in [5, 5.41) is 10.6. The number of fused-ring (bicyclic) bond motifs is 1. The van der Waals surface area contributed by atoms with Crippen LogP contribution in [0.3, 0.4) is 0 Å². The van der Waals surface area contributed by atoms with Crippen molar-refractivity contribution in [3.05, 3.63) is 65.9 Å². The molecule has 1 N–H and O–H groups in total. The molecule has 0 saturated heterocycles. The molecule has 1 aromatic heterocycles. The van der Waals surface area contributed by atoms with Crippen molar-refractivity contribution in [3.8, 4) is 11.5 Å². The molecule has 3 aromatic rings. The Morgan fingerprint density at radius 3 is 2.73 bits per heavy atom. The van der Waals surface area contributed by atoms with Crippen LogP contribution in [0.1, 0.15) is 11.3 Å². The van der Waals surface area contributed by atoms with Gasteiger partial charge in [-0.05, 0) is 35.9 Å². The quantitative estimate of drug-likeness (QED) is 0.745. The number of hydrogen-bond acceptors (Lipinski definition) is 4. The summed E-state index contributed by atoms with van der Waals surface area (Å²) in [6.07, 6.45) is 3.71. The van der Waals surface area contributed by atoms with Crippen molar-refractivity contribution < 1.29 is 14.6 Å². The molecule has 0 aliphatic carbocycles. The fraction of sp³-hybridized carbons (Fsp3) is 0. The molecule has 22 heavy (non-hydrogen) atoms. The molecule has 3 rings (SSSR count). The van der Waals surface area contributed by atoms with E-state index >= 15 is 0 Å². The summed E-state index contributed by atoms with van der Waals surface area (Å²) in [7, 11) is 0. The van der Waals surface area contributed by atoms with Crippen molar-refractivity contribution in [3.63, 3.8) is 0 Å². The number of para-hydroxylation sites is 1. The summed E-state index contributed by atoms with van der Waals surface area (Å²) < 4.78 is 4.71. The van der Waals surface area contributed by atoms with Crippen LogP contribution in [-0.4, -0.2) is 16.6 Å². The monoisotopic (exact) mass is 291 g/mol. The minimum absolute atomic E-state index is 0.0759. The van der Waals surface area contributed by atoms with E-state index in [1.807, 2.05) is 48.6 Å². The number of aromatic hydroxyl groups is 1. The summed E-state index contributed by atoms with van der Waals surface area (Å²) in [6, 6.07) is 16.6. The highest BCUT2D eigenvalue weighted by molar-refractivity contribution is 5.81. The summed E-state index contributed by atoms with van der Waals surface area (Å²) >= 11 is 0. The van der Waals surface area contributed by atoms with Gasteiger partial charge in [-0.15, -0.1) is 0 Å². The number of benzene rings is 2. The standard InChI is InChI=1S/C18H13NO3/c20-12-22-18-11-13(6-10-17(18)21)5-8-15-9-7-14-3-1-2-4-16(14)19-15/h1-12,21H. The zero-order valence-electron chi connectivity index (χ0n) is 11.6. The molecular weight excluding hydrogens is 278 g/mol. The number of pyridine rings is 1. The van der Waals surface area contributed by atoms with E-state index in [1.54, 1.807) is 12.1 Å². The Morgan fingerprint density at radius 2 is 1.86 bits per heavy atom. The lowest BCUT2D eigenvalue weighted by molar-refractivity contribution is -0.120. The number of carbonyl (C=O) groups excluding carboxylic acids is 1. The van der Waals surface area contributed by atoms with Crippen LogP contribution in [0, 0.1) is 0 Å². The summed E-state index contributed by atoms with van der Waals surface area (Å²) in [4.78, 5) is 14.9. The first-order chi connectivity index (χ1) is 10.8. The Balaban J connectivity index is 1.88. The van der Waals surface area contributed by atoms with Gasteiger partial charge in [0.05, 0.1) is 11.2 Å². The van der Waals surface area contributed by atoms with E-state index in [0.29, 0.717) is 0 Å². The first-order valence-corrected chi connectivity index (χ1v) is 6.73. The summed E-state index contributed by atoms with van der Waals surface area (Å²) in [5.74, 6) is 0.0525. The van der Waals surface area contributed by atoms with Gasteiger partial charge in [-0.25, -0.2) is 4.98 Å². The van der Waals surface area contributed by atoms with Gasteiger partial charge in [0.25, 0.3) is 6.47 Å². The molecular formula is C18H13NO3. The van der Waals surface area contributed by atoms with E-state index in [-0.39, 0.29) is 18.0 Å². The fourth-order valence-corrected chi connectivity index (χ4v) is 2.14. The lowest BCUT2D eigenvalue weighted by Crippen LogP contribution is -1.89. The van der Waals surface area contributed by atoms with Crippen LogP contribution in [-0.2, 0) is 4.79 Å². The first kappa shape index (κ1) is 13.8. The van der Waals surface area contributed by atoms with Crippen molar-refractivity contribution in [2.45, 2.75) is 0 Å². The molecule has 1 heterocycles. The zero-order valence-corrected chi connectivity index (χ0v) is 11.6. The van der Waals surface area contributed by atoms with E-state index in [1.165, 1.54) is 6.07 Å². The molecule has 4 nitrogen and oxygen atoms in total. The molecule has 0 amide bonds. The first-order valence-electron chi connectivity index (χ1n) is 6.73. The Morgan fingerprint density at radius 1 is 1.00 bits per heavy atom. The predicted molar refractivity (Wildman–Crippen MR) is 85.5 cm³/mol. The number of phenols is 1. The van der Waals surface area contributed by atoms with Gasteiger partial charge in [0.15, 0.2) is 11.5 Å². The highest BCUT2D eigenvalue weighted by atomic mass is 16.5. The molecule has 108 valence electrons. The average molecular weight is 291 g/mol. The van der Waals surface area contributed by atoms with E-state index in [0.717, 1.165) is 22.2 Å². The number of aromatic nitrogens is 1. The molecule has 0 aliphatic heterocycles. The maximum Gasteiger partial charge on any atom is 0.298 e. The molecule has 0 saturated carbocycles. The Hall–Kier alpha value is -3.14. The van der Waals surface area contributed by atoms with E-state index in [4.69, 9.17) is 4.74 Å². The third-order valence-corrected chi connectivity index (χ3v) is 3.23. The van der Waals surface area contributed by atoms with Gasteiger partial charge >= 0.3 is 0 Å². The number of ether oxygens (including phenoxy) is 1. The lowest BCUT2D eigenvalue weighted by Gasteiger charge is -2.02. The Bertz CT molecular complexity index is 856. The van der Waals surface area contributed by atoms with Gasteiger partial charge in [-0.2, -0.15) is 0 Å². The van der Waals surface area contributed by atoms with Crippen molar-refractivity contribution in [2.24, 2.45) is 0 Å². The third kappa shape index (κ3) is 2.96. The van der Waals surface area contributed by atoms with Crippen LogP contribution in [0.2, 0.25) is 0 Å². The average Bonchev–Trinajstić information content (AvgIpc) is 2.55. The SMILES string of the molecule is O=COc1cc(C=Cc2ccc3ccccc3n2)ccc1O. The van der Waals surface area contributed by atoms with E-state index < -0.39 is 0 Å². The van der Waals surface area contributed by atoms with Gasteiger partial charge in [0, 0.05) is 5.39 Å². The van der Waals surface area contributed by atoms with Crippen LogP contribution in [0.5, 0.6) is 11.5 Å². The van der Waals surface area contributed by atoms with E-state index in [2.05, 4.69) is 4.98 Å². The molecule has 0 fully saturated rings.